The second kappa shape index (κ2) is 8.08. The van der Waals surface area contributed by atoms with Crippen LogP contribution in [-0.4, -0.2) is 35.2 Å². The van der Waals surface area contributed by atoms with E-state index in [1.165, 1.54) is 6.20 Å². The standard InChI is InChI=1S/C14H21N3O4/c1-4-21-12-6-5-10(7-15-12)17-14(20)16-8-11(9(2)3)13(18)19/h5-7,9,11H,4,8H2,1-3H3,(H,18,19)(H2,16,17,20). The number of urea groups is 1. The van der Waals surface area contributed by atoms with Crippen LogP contribution in [0.4, 0.5) is 10.5 Å². The molecule has 0 aliphatic heterocycles. The zero-order valence-corrected chi connectivity index (χ0v) is 12.4. The van der Waals surface area contributed by atoms with Gasteiger partial charge >= 0.3 is 12.0 Å². The summed E-state index contributed by atoms with van der Waals surface area (Å²) in [6.07, 6.45) is 1.47. The highest BCUT2D eigenvalue weighted by molar-refractivity contribution is 5.89. The SMILES string of the molecule is CCOc1ccc(NC(=O)NCC(C(=O)O)C(C)C)cn1. The summed E-state index contributed by atoms with van der Waals surface area (Å²) in [5.74, 6) is -1.12. The Hall–Kier alpha value is -2.31. The van der Waals surface area contributed by atoms with Crippen LogP contribution in [0.5, 0.6) is 5.88 Å². The fraction of sp³-hybridized carbons (Fsp3) is 0.500. The second-order valence-corrected chi connectivity index (χ2v) is 4.84. The first-order valence-electron chi connectivity index (χ1n) is 6.80. The van der Waals surface area contributed by atoms with Crippen LogP contribution in [0.15, 0.2) is 18.3 Å². The molecule has 1 aromatic rings. The van der Waals surface area contributed by atoms with E-state index in [0.717, 1.165) is 0 Å². The van der Waals surface area contributed by atoms with E-state index in [9.17, 15) is 9.59 Å². The first-order chi connectivity index (χ1) is 9.93. The third-order valence-corrected chi connectivity index (χ3v) is 2.89. The number of hydrogen-bond acceptors (Lipinski definition) is 4. The minimum Gasteiger partial charge on any atom is -0.481 e. The Morgan fingerprint density at radius 3 is 2.57 bits per heavy atom. The van der Waals surface area contributed by atoms with Crippen LogP contribution in [0.1, 0.15) is 20.8 Å². The van der Waals surface area contributed by atoms with Gasteiger partial charge in [-0.25, -0.2) is 9.78 Å². The molecule has 7 nitrogen and oxygen atoms in total. The normalized spacial score (nSPS) is 11.8. The summed E-state index contributed by atoms with van der Waals surface area (Å²) in [6.45, 7) is 6.05. The van der Waals surface area contributed by atoms with Crippen LogP contribution >= 0.6 is 0 Å². The molecule has 1 rings (SSSR count). The van der Waals surface area contributed by atoms with Gasteiger partial charge in [0.15, 0.2) is 0 Å². The smallest absolute Gasteiger partial charge is 0.319 e. The van der Waals surface area contributed by atoms with E-state index in [0.29, 0.717) is 18.2 Å². The Morgan fingerprint density at radius 2 is 2.10 bits per heavy atom. The van der Waals surface area contributed by atoms with E-state index in [2.05, 4.69) is 15.6 Å². The number of hydrogen-bond donors (Lipinski definition) is 3. The van der Waals surface area contributed by atoms with E-state index < -0.39 is 17.9 Å². The molecule has 0 spiro atoms. The van der Waals surface area contributed by atoms with Gasteiger partial charge in [-0.2, -0.15) is 0 Å². The highest BCUT2D eigenvalue weighted by atomic mass is 16.5. The van der Waals surface area contributed by atoms with Crippen molar-refractivity contribution < 1.29 is 19.4 Å². The number of ether oxygens (including phenoxy) is 1. The van der Waals surface area contributed by atoms with Crippen molar-refractivity contribution in [2.24, 2.45) is 11.8 Å². The second-order valence-electron chi connectivity index (χ2n) is 4.84. The van der Waals surface area contributed by atoms with Gasteiger partial charge in [0.05, 0.1) is 24.4 Å². The van der Waals surface area contributed by atoms with Crippen LogP contribution < -0.4 is 15.4 Å². The zero-order chi connectivity index (χ0) is 15.8. The zero-order valence-electron chi connectivity index (χ0n) is 12.4. The van der Waals surface area contributed by atoms with E-state index in [-0.39, 0.29) is 12.5 Å². The fourth-order valence-corrected chi connectivity index (χ4v) is 1.67. The summed E-state index contributed by atoms with van der Waals surface area (Å²) in [7, 11) is 0. The molecule has 21 heavy (non-hydrogen) atoms. The van der Waals surface area contributed by atoms with Crippen LogP contribution in [0, 0.1) is 11.8 Å². The van der Waals surface area contributed by atoms with Gasteiger partial charge in [0, 0.05) is 12.6 Å². The van der Waals surface area contributed by atoms with Gasteiger partial charge in [-0.3, -0.25) is 4.79 Å². The molecule has 3 N–H and O–H groups in total. The van der Waals surface area contributed by atoms with Crippen molar-refractivity contribution in [2.75, 3.05) is 18.5 Å². The maximum atomic E-state index is 11.7. The van der Waals surface area contributed by atoms with Gasteiger partial charge in [0.2, 0.25) is 5.88 Å². The van der Waals surface area contributed by atoms with Crippen molar-refractivity contribution in [1.82, 2.24) is 10.3 Å². The highest BCUT2D eigenvalue weighted by Crippen LogP contribution is 2.12. The number of nitrogens with zero attached hydrogens (tertiary/aromatic N) is 1. The minimum absolute atomic E-state index is 0.0602. The van der Waals surface area contributed by atoms with Crippen molar-refractivity contribution in [1.29, 1.82) is 0 Å². The molecule has 0 saturated carbocycles. The first-order valence-corrected chi connectivity index (χ1v) is 6.80. The van der Waals surface area contributed by atoms with E-state index >= 15 is 0 Å². The van der Waals surface area contributed by atoms with Crippen molar-refractivity contribution >= 4 is 17.7 Å². The number of rotatable bonds is 7. The Morgan fingerprint density at radius 1 is 1.38 bits per heavy atom. The number of carbonyl (C=O) groups excluding carboxylic acids is 1. The van der Waals surface area contributed by atoms with Gasteiger partial charge < -0.3 is 20.5 Å². The number of carboxylic acids is 1. The molecular weight excluding hydrogens is 274 g/mol. The monoisotopic (exact) mass is 295 g/mol. The van der Waals surface area contributed by atoms with Crippen molar-refractivity contribution in [3.63, 3.8) is 0 Å². The predicted octanol–water partition coefficient (Wildman–Crippen LogP) is 1.96. The highest BCUT2D eigenvalue weighted by Gasteiger charge is 2.21. The average molecular weight is 295 g/mol. The largest absolute Gasteiger partial charge is 0.481 e. The van der Waals surface area contributed by atoms with E-state index in [1.54, 1.807) is 26.0 Å². The molecule has 0 aromatic carbocycles. The number of nitrogens with one attached hydrogen (secondary N) is 2. The molecule has 0 aliphatic carbocycles. The van der Waals surface area contributed by atoms with Crippen LogP contribution in [0.2, 0.25) is 0 Å². The number of anilines is 1. The maximum absolute atomic E-state index is 11.7. The predicted molar refractivity (Wildman–Crippen MR) is 78.4 cm³/mol. The van der Waals surface area contributed by atoms with Gasteiger partial charge in [-0.05, 0) is 18.9 Å². The number of carbonyl (C=O) groups is 2. The lowest BCUT2D eigenvalue weighted by Crippen LogP contribution is -2.37. The van der Waals surface area contributed by atoms with E-state index in [1.807, 2.05) is 6.92 Å². The molecule has 0 fully saturated rings. The van der Waals surface area contributed by atoms with Crippen LogP contribution in [-0.2, 0) is 4.79 Å². The summed E-state index contributed by atoms with van der Waals surface area (Å²) < 4.78 is 5.19. The summed E-state index contributed by atoms with van der Waals surface area (Å²) >= 11 is 0. The third kappa shape index (κ3) is 5.68. The molecular formula is C14H21N3O4. The van der Waals surface area contributed by atoms with Crippen molar-refractivity contribution in [2.45, 2.75) is 20.8 Å². The molecule has 0 bridgehead atoms. The van der Waals surface area contributed by atoms with Gasteiger partial charge in [-0.1, -0.05) is 13.8 Å². The van der Waals surface area contributed by atoms with Gasteiger partial charge in [-0.15, -0.1) is 0 Å². The Labute approximate surface area is 123 Å². The summed E-state index contributed by atoms with van der Waals surface area (Å²) in [5, 5.41) is 14.2. The van der Waals surface area contributed by atoms with Crippen LogP contribution in [0.3, 0.4) is 0 Å². The lowest BCUT2D eigenvalue weighted by atomic mass is 9.96. The Balaban J connectivity index is 2.48. The summed E-state index contributed by atoms with van der Waals surface area (Å²) in [6, 6.07) is 2.84. The number of aliphatic carboxylic acids is 1. The Bertz CT molecular complexity index is 474. The molecule has 1 unspecified atom stereocenters. The quantitative estimate of drug-likeness (QED) is 0.714. The minimum atomic E-state index is -0.923. The number of aromatic nitrogens is 1. The van der Waals surface area contributed by atoms with E-state index in [4.69, 9.17) is 9.84 Å². The molecule has 1 aromatic heterocycles. The molecule has 7 heteroatoms. The molecule has 0 radical (unpaired) electrons. The number of pyridine rings is 1. The topological polar surface area (TPSA) is 101 Å². The first kappa shape index (κ1) is 16.7. The third-order valence-electron chi connectivity index (χ3n) is 2.89. The van der Waals surface area contributed by atoms with Gasteiger partial charge in [0.1, 0.15) is 0 Å². The summed E-state index contributed by atoms with van der Waals surface area (Å²) in [5.41, 5.74) is 0.507. The molecule has 1 heterocycles. The fourth-order valence-electron chi connectivity index (χ4n) is 1.67. The van der Waals surface area contributed by atoms with Crippen molar-refractivity contribution in [3.8, 4) is 5.88 Å². The molecule has 0 saturated heterocycles. The molecule has 1 atom stereocenters. The number of amides is 2. The average Bonchev–Trinajstić information content (AvgIpc) is 2.40. The summed E-state index contributed by atoms with van der Waals surface area (Å²) in [4.78, 5) is 26.7. The molecule has 116 valence electrons. The Kier molecular flexibility index (Phi) is 6.45. The van der Waals surface area contributed by atoms with Crippen LogP contribution in [0.25, 0.3) is 0 Å². The number of carboxylic acid groups (broad SMARTS) is 1. The molecule has 2 amide bonds. The maximum Gasteiger partial charge on any atom is 0.319 e. The molecule has 0 aliphatic rings. The lowest BCUT2D eigenvalue weighted by molar-refractivity contribution is -0.142. The van der Waals surface area contributed by atoms with Crippen molar-refractivity contribution in [3.05, 3.63) is 18.3 Å². The lowest BCUT2D eigenvalue weighted by Gasteiger charge is -2.17. The van der Waals surface area contributed by atoms with Gasteiger partial charge in [0.25, 0.3) is 0 Å².